The number of nitrogens with zero attached hydrogens (tertiary/aromatic N) is 2. The number of piperidine rings is 1. The molecular formula is C30H36F2N4O4S. The van der Waals surface area contributed by atoms with Gasteiger partial charge in [0.15, 0.2) is 0 Å². The fourth-order valence-electron chi connectivity index (χ4n) is 4.83. The number of urea groups is 1. The van der Waals surface area contributed by atoms with Crippen molar-refractivity contribution in [1.29, 1.82) is 0 Å². The minimum absolute atomic E-state index is 0.0116. The first-order chi connectivity index (χ1) is 19.6. The zero-order chi connectivity index (χ0) is 29.4. The summed E-state index contributed by atoms with van der Waals surface area (Å²) in [5.74, 6) is -0.326. The number of likely N-dealkylation sites (tertiary alicyclic amines) is 1. The van der Waals surface area contributed by atoms with Gasteiger partial charge in [-0.15, -0.1) is 0 Å². The predicted molar refractivity (Wildman–Crippen MR) is 157 cm³/mol. The molecule has 2 amide bonds. The summed E-state index contributed by atoms with van der Waals surface area (Å²) in [5.41, 5.74) is 1.18. The van der Waals surface area contributed by atoms with Gasteiger partial charge in [-0.1, -0.05) is 31.5 Å². The zero-order valence-corrected chi connectivity index (χ0v) is 24.1. The Labute approximate surface area is 240 Å². The van der Waals surface area contributed by atoms with Crippen molar-refractivity contribution >= 4 is 27.4 Å². The van der Waals surface area contributed by atoms with Gasteiger partial charge in [0.05, 0.1) is 6.26 Å². The Hall–Kier alpha value is -3.70. The molecule has 1 fully saturated rings. The van der Waals surface area contributed by atoms with E-state index in [0.717, 1.165) is 69.3 Å². The van der Waals surface area contributed by atoms with Crippen LogP contribution in [0.5, 0.6) is 11.5 Å². The van der Waals surface area contributed by atoms with Crippen molar-refractivity contribution in [2.75, 3.05) is 35.9 Å². The van der Waals surface area contributed by atoms with Crippen molar-refractivity contribution in [1.82, 2.24) is 9.80 Å². The molecule has 1 aliphatic heterocycles. The van der Waals surface area contributed by atoms with Gasteiger partial charge in [-0.05, 0) is 73.4 Å². The number of unbranched alkanes of at least 4 members (excludes halogenated alkanes) is 1. The maximum atomic E-state index is 14.1. The summed E-state index contributed by atoms with van der Waals surface area (Å²) in [5, 5.41) is 2.45. The van der Waals surface area contributed by atoms with Gasteiger partial charge in [-0.2, -0.15) is 0 Å². The monoisotopic (exact) mass is 586 g/mol. The fourth-order valence-corrected chi connectivity index (χ4v) is 5.39. The van der Waals surface area contributed by atoms with Gasteiger partial charge in [0.2, 0.25) is 10.0 Å². The van der Waals surface area contributed by atoms with Crippen LogP contribution in [0.25, 0.3) is 0 Å². The van der Waals surface area contributed by atoms with Crippen LogP contribution < -0.4 is 14.8 Å². The number of rotatable bonds is 11. The highest BCUT2D eigenvalue weighted by molar-refractivity contribution is 7.92. The average Bonchev–Trinajstić information content (AvgIpc) is 2.93. The van der Waals surface area contributed by atoms with E-state index in [-0.39, 0.29) is 6.04 Å². The molecular weight excluding hydrogens is 550 g/mol. The van der Waals surface area contributed by atoms with E-state index in [2.05, 4.69) is 14.9 Å². The lowest BCUT2D eigenvalue weighted by molar-refractivity contribution is 0.122. The van der Waals surface area contributed by atoms with Crippen LogP contribution in [-0.4, -0.2) is 56.2 Å². The molecule has 0 saturated carbocycles. The second-order valence-corrected chi connectivity index (χ2v) is 12.0. The number of anilines is 2. The van der Waals surface area contributed by atoms with Crippen LogP contribution in [0.15, 0.2) is 66.7 Å². The van der Waals surface area contributed by atoms with Crippen LogP contribution in [0.1, 0.15) is 38.2 Å². The highest BCUT2D eigenvalue weighted by atomic mass is 32.2. The molecule has 2 N–H and O–H groups in total. The molecule has 3 aromatic carbocycles. The van der Waals surface area contributed by atoms with Crippen LogP contribution in [0, 0.1) is 11.6 Å². The summed E-state index contributed by atoms with van der Waals surface area (Å²) in [7, 11) is -3.34. The van der Waals surface area contributed by atoms with Gasteiger partial charge in [0, 0.05) is 37.9 Å². The van der Waals surface area contributed by atoms with Crippen LogP contribution in [0.4, 0.5) is 25.0 Å². The maximum Gasteiger partial charge on any atom is 0.322 e. The van der Waals surface area contributed by atoms with Gasteiger partial charge in [-0.3, -0.25) is 9.62 Å². The number of carbonyl (C=O) groups excluding carboxylic acids is 1. The van der Waals surface area contributed by atoms with Crippen molar-refractivity contribution < 1.29 is 26.7 Å². The van der Waals surface area contributed by atoms with E-state index >= 15 is 0 Å². The first-order valence-corrected chi connectivity index (χ1v) is 15.6. The molecule has 0 bridgehead atoms. The summed E-state index contributed by atoms with van der Waals surface area (Å²) in [4.78, 5) is 17.1. The number of hydrogen-bond donors (Lipinski definition) is 2. The fraction of sp³-hybridized carbons (Fsp3) is 0.367. The smallest absolute Gasteiger partial charge is 0.322 e. The summed E-state index contributed by atoms with van der Waals surface area (Å²) < 4.78 is 59.2. The van der Waals surface area contributed by atoms with Crippen molar-refractivity contribution in [2.24, 2.45) is 0 Å². The van der Waals surface area contributed by atoms with Crippen LogP contribution in [0.3, 0.4) is 0 Å². The highest BCUT2D eigenvalue weighted by Crippen LogP contribution is 2.26. The number of benzene rings is 3. The number of sulfonamides is 1. The number of para-hydroxylation sites is 1. The number of nitrogens with one attached hydrogen (secondary N) is 2. The van der Waals surface area contributed by atoms with E-state index in [9.17, 15) is 22.0 Å². The topological polar surface area (TPSA) is 91.0 Å². The van der Waals surface area contributed by atoms with Crippen molar-refractivity contribution in [3.05, 3.63) is 83.9 Å². The Morgan fingerprint density at radius 1 is 0.976 bits per heavy atom. The third-order valence-corrected chi connectivity index (χ3v) is 7.54. The lowest BCUT2D eigenvalue weighted by Gasteiger charge is -2.38. The first kappa shape index (κ1) is 30.3. The van der Waals surface area contributed by atoms with Gasteiger partial charge >= 0.3 is 6.03 Å². The zero-order valence-electron chi connectivity index (χ0n) is 23.3. The number of hydrogen-bond acceptors (Lipinski definition) is 5. The van der Waals surface area contributed by atoms with E-state index in [0.29, 0.717) is 23.7 Å². The molecule has 0 radical (unpaired) electrons. The van der Waals surface area contributed by atoms with Crippen molar-refractivity contribution in [2.45, 2.75) is 45.2 Å². The molecule has 11 heteroatoms. The normalized spacial score (nSPS) is 14.4. The second-order valence-electron chi connectivity index (χ2n) is 10.2. The Bertz CT molecular complexity index is 1390. The molecule has 0 atom stereocenters. The summed E-state index contributed by atoms with van der Waals surface area (Å²) in [6.45, 7) is 4.91. The van der Waals surface area contributed by atoms with Gasteiger partial charge in [-0.25, -0.2) is 22.0 Å². The predicted octanol–water partition coefficient (Wildman–Crippen LogP) is 6.43. The van der Waals surface area contributed by atoms with Gasteiger partial charge in [0.1, 0.15) is 28.8 Å². The molecule has 0 aliphatic carbocycles. The van der Waals surface area contributed by atoms with E-state index in [4.69, 9.17) is 4.74 Å². The molecule has 41 heavy (non-hydrogen) atoms. The van der Waals surface area contributed by atoms with Crippen LogP contribution >= 0.6 is 0 Å². The SMILES string of the molecule is CCCCN(C(=O)Nc1c(F)cccc1F)C1CCN(Cc2ccc(Oc3ccc(NS(C)(=O)=O)cc3)cc2)CC1. The quantitative estimate of drug-likeness (QED) is 0.270. The Balaban J connectivity index is 1.29. The Morgan fingerprint density at radius 2 is 1.56 bits per heavy atom. The Kier molecular flexibility index (Phi) is 10.2. The molecule has 0 unspecified atom stereocenters. The number of ether oxygens (including phenoxy) is 1. The molecule has 4 rings (SSSR count). The summed E-state index contributed by atoms with van der Waals surface area (Å²) >= 11 is 0. The summed E-state index contributed by atoms with van der Waals surface area (Å²) in [6.07, 6.45) is 4.34. The van der Waals surface area contributed by atoms with E-state index in [1.165, 1.54) is 6.07 Å². The van der Waals surface area contributed by atoms with E-state index in [1.54, 1.807) is 29.2 Å². The standard InChI is InChI=1S/C30H36F2N4O4S/c1-3-4-18-36(30(37)33-29-27(31)6-5-7-28(29)32)24-16-19-35(20-17-24)21-22-8-12-25(13-9-22)40-26-14-10-23(11-15-26)34-41(2,38)39/h5-15,24,34H,3-4,16-21H2,1-2H3,(H,33,37). The first-order valence-electron chi connectivity index (χ1n) is 13.7. The maximum absolute atomic E-state index is 14.1. The summed E-state index contributed by atoms with van der Waals surface area (Å²) in [6, 6.07) is 17.5. The van der Waals surface area contributed by atoms with Crippen molar-refractivity contribution in [3.8, 4) is 11.5 Å². The van der Waals surface area contributed by atoms with Crippen molar-refractivity contribution in [3.63, 3.8) is 0 Å². The molecule has 1 aliphatic rings. The third kappa shape index (κ3) is 8.89. The molecule has 1 heterocycles. The minimum atomic E-state index is -3.34. The lowest BCUT2D eigenvalue weighted by atomic mass is 10.0. The van der Waals surface area contributed by atoms with Gasteiger partial charge < -0.3 is 15.0 Å². The molecule has 220 valence electrons. The Morgan fingerprint density at radius 3 is 2.12 bits per heavy atom. The molecule has 3 aromatic rings. The van der Waals surface area contributed by atoms with Gasteiger partial charge in [0.25, 0.3) is 0 Å². The largest absolute Gasteiger partial charge is 0.457 e. The minimum Gasteiger partial charge on any atom is -0.457 e. The number of amides is 2. The average molecular weight is 587 g/mol. The molecule has 1 saturated heterocycles. The number of halogens is 2. The van der Waals surface area contributed by atoms with Crippen LogP contribution in [-0.2, 0) is 16.6 Å². The molecule has 0 aromatic heterocycles. The lowest BCUT2D eigenvalue weighted by Crippen LogP contribution is -2.49. The molecule has 0 spiro atoms. The second kappa shape index (κ2) is 13.8. The third-order valence-electron chi connectivity index (χ3n) is 6.93. The highest BCUT2D eigenvalue weighted by Gasteiger charge is 2.28. The van der Waals surface area contributed by atoms with E-state index < -0.39 is 33.4 Å². The number of carbonyl (C=O) groups is 1. The molecule has 8 nitrogen and oxygen atoms in total. The van der Waals surface area contributed by atoms with E-state index in [1.807, 2.05) is 31.2 Å². The van der Waals surface area contributed by atoms with Crippen LogP contribution in [0.2, 0.25) is 0 Å².